The number of carbonyl (C=O) groups is 2. The average molecular weight is 345 g/mol. The SMILES string of the molecule is Cc1ccc(CNC(=O)c2nnc(CNC3(C(N)=O)CC3)s2)cc1. The van der Waals surface area contributed by atoms with Crippen LogP contribution in [-0.4, -0.2) is 27.6 Å². The molecule has 0 spiro atoms. The van der Waals surface area contributed by atoms with Crippen LogP contribution in [0.5, 0.6) is 0 Å². The smallest absolute Gasteiger partial charge is 0.282 e. The standard InChI is InChI=1S/C16H19N5O2S/c1-10-2-4-11(5-3-10)8-18-13(22)14-21-20-12(24-14)9-19-16(6-7-16)15(17)23/h2-5,19H,6-9H2,1H3,(H2,17,23)(H,18,22). The van der Waals surface area contributed by atoms with Crippen LogP contribution in [0.15, 0.2) is 24.3 Å². The van der Waals surface area contributed by atoms with Crippen LogP contribution in [0.25, 0.3) is 0 Å². The molecule has 0 radical (unpaired) electrons. The van der Waals surface area contributed by atoms with Crippen molar-refractivity contribution in [3.63, 3.8) is 0 Å². The number of nitrogens with one attached hydrogen (secondary N) is 2. The molecular formula is C16H19N5O2S. The summed E-state index contributed by atoms with van der Waals surface area (Å²) in [7, 11) is 0. The fraction of sp³-hybridized carbons (Fsp3) is 0.375. The largest absolute Gasteiger partial charge is 0.368 e. The van der Waals surface area contributed by atoms with Crippen LogP contribution in [0.3, 0.4) is 0 Å². The molecule has 126 valence electrons. The molecule has 0 atom stereocenters. The molecule has 1 heterocycles. The van der Waals surface area contributed by atoms with E-state index in [1.54, 1.807) is 0 Å². The van der Waals surface area contributed by atoms with Crippen molar-refractivity contribution >= 4 is 23.2 Å². The van der Waals surface area contributed by atoms with Gasteiger partial charge < -0.3 is 11.1 Å². The Morgan fingerprint density at radius 2 is 1.92 bits per heavy atom. The molecule has 2 amide bonds. The summed E-state index contributed by atoms with van der Waals surface area (Å²) in [5.74, 6) is -0.599. The summed E-state index contributed by atoms with van der Waals surface area (Å²) in [6.45, 7) is 2.84. The lowest BCUT2D eigenvalue weighted by Crippen LogP contribution is -2.43. The first-order chi connectivity index (χ1) is 11.5. The number of hydrogen-bond donors (Lipinski definition) is 3. The number of rotatable bonds is 7. The molecule has 7 nitrogen and oxygen atoms in total. The zero-order chi connectivity index (χ0) is 17.2. The zero-order valence-corrected chi connectivity index (χ0v) is 14.2. The number of benzene rings is 1. The Bertz CT molecular complexity index is 752. The second kappa shape index (κ2) is 6.66. The molecule has 0 aliphatic heterocycles. The quantitative estimate of drug-likeness (QED) is 0.690. The zero-order valence-electron chi connectivity index (χ0n) is 13.3. The van der Waals surface area contributed by atoms with Gasteiger partial charge in [-0.2, -0.15) is 0 Å². The molecule has 1 aromatic heterocycles. The van der Waals surface area contributed by atoms with Gasteiger partial charge in [0.05, 0.1) is 12.1 Å². The van der Waals surface area contributed by atoms with Crippen molar-refractivity contribution in [2.24, 2.45) is 5.73 Å². The van der Waals surface area contributed by atoms with Crippen LogP contribution in [-0.2, 0) is 17.9 Å². The minimum atomic E-state index is -0.598. The highest BCUT2D eigenvalue weighted by molar-refractivity contribution is 7.13. The van der Waals surface area contributed by atoms with Crippen molar-refractivity contribution in [1.82, 2.24) is 20.8 Å². The molecule has 1 saturated carbocycles. The third-order valence-electron chi connectivity index (χ3n) is 4.03. The molecule has 1 aromatic carbocycles. The maximum Gasteiger partial charge on any atom is 0.282 e. The van der Waals surface area contributed by atoms with Gasteiger partial charge in [0.25, 0.3) is 5.91 Å². The van der Waals surface area contributed by atoms with Crippen LogP contribution >= 0.6 is 11.3 Å². The molecule has 2 aromatic rings. The van der Waals surface area contributed by atoms with Crippen molar-refractivity contribution in [2.45, 2.75) is 38.4 Å². The van der Waals surface area contributed by atoms with Crippen molar-refractivity contribution in [3.8, 4) is 0 Å². The Morgan fingerprint density at radius 1 is 1.21 bits per heavy atom. The lowest BCUT2D eigenvalue weighted by atomic mass is 10.1. The normalized spacial score (nSPS) is 15.0. The Kier molecular flexibility index (Phi) is 4.59. The highest BCUT2D eigenvalue weighted by Gasteiger charge is 2.48. The number of hydrogen-bond acceptors (Lipinski definition) is 6. The van der Waals surface area contributed by atoms with E-state index >= 15 is 0 Å². The van der Waals surface area contributed by atoms with Crippen molar-refractivity contribution < 1.29 is 9.59 Å². The Labute approximate surface area is 143 Å². The van der Waals surface area contributed by atoms with E-state index in [1.165, 1.54) is 16.9 Å². The van der Waals surface area contributed by atoms with Gasteiger partial charge in [0.2, 0.25) is 10.9 Å². The number of primary amides is 1. The first kappa shape index (κ1) is 16.5. The minimum Gasteiger partial charge on any atom is -0.368 e. The highest BCUT2D eigenvalue weighted by atomic mass is 32.1. The number of nitrogens with two attached hydrogens (primary N) is 1. The number of carbonyl (C=O) groups excluding carboxylic acids is 2. The Morgan fingerprint density at radius 3 is 2.54 bits per heavy atom. The van der Waals surface area contributed by atoms with E-state index in [0.717, 1.165) is 18.4 Å². The van der Waals surface area contributed by atoms with Gasteiger partial charge in [-0.25, -0.2) is 0 Å². The summed E-state index contributed by atoms with van der Waals surface area (Å²) >= 11 is 1.21. The van der Waals surface area contributed by atoms with Gasteiger partial charge in [0.1, 0.15) is 5.01 Å². The fourth-order valence-electron chi connectivity index (χ4n) is 2.26. The fourth-order valence-corrected chi connectivity index (χ4v) is 2.96. The highest BCUT2D eigenvalue weighted by Crippen LogP contribution is 2.35. The van der Waals surface area contributed by atoms with E-state index in [4.69, 9.17) is 5.73 Å². The van der Waals surface area contributed by atoms with Gasteiger partial charge in [-0.3, -0.25) is 14.9 Å². The Balaban J connectivity index is 1.52. The molecule has 1 aliphatic rings. The molecule has 1 aliphatic carbocycles. The van der Waals surface area contributed by atoms with Crippen LogP contribution in [0, 0.1) is 6.92 Å². The lowest BCUT2D eigenvalue weighted by Gasteiger charge is -2.10. The molecule has 1 fully saturated rings. The van der Waals surface area contributed by atoms with E-state index < -0.39 is 5.54 Å². The molecule has 8 heteroatoms. The maximum absolute atomic E-state index is 12.1. The summed E-state index contributed by atoms with van der Waals surface area (Å²) in [5.41, 5.74) is 6.96. The van der Waals surface area contributed by atoms with Crippen LogP contribution in [0.1, 0.15) is 38.8 Å². The van der Waals surface area contributed by atoms with Gasteiger partial charge in [0.15, 0.2) is 0 Å². The summed E-state index contributed by atoms with van der Waals surface area (Å²) < 4.78 is 0. The molecule has 4 N–H and O–H groups in total. The summed E-state index contributed by atoms with van der Waals surface area (Å²) in [5, 5.41) is 14.8. The topological polar surface area (TPSA) is 110 Å². The molecule has 0 saturated heterocycles. The van der Waals surface area contributed by atoms with E-state index in [9.17, 15) is 9.59 Å². The van der Waals surface area contributed by atoms with E-state index in [2.05, 4.69) is 20.8 Å². The van der Waals surface area contributed by atoms with Crippen molar-refractivity contribution in [2.75, 3.05) is 0 Å². The van der Waals surface area contributed by atoms with Crippen molar-refractivity contribution in [1.29, 1.82) is 0 Å². The summed E-state index contributed by atoms with van der Waals surface area (Å²) in [6.07, 6.45) is 1.48. The molecule has 24 heavy (non-hydrogen) atoms. The lowest BCUT2D eigenvalue weighted by molar-refractivity contribution is -0.121. The van der Waals surface area contributed by atoms with Gasteiger partial charge in [-0.05, 0) is 25.3 Å². The van der Waals surface area contributed by atoms with Gasteiger partial charge in [0, 0.05) is 6.54 Å². The van der Waals surface area contributed by atoms with E-state index in [0.29, 0.717) is 23.1 Å². The first-order valence-electron chi connectivity index (χ1n) is 7.70. The van der Waals surface area contributed by atoms with Gasteiger partial charge in [-0.1, -0.05) is 41.2 Å². The molecular weight excluding hydrogens is 326 g/mol. The predicted molar refractivity (Wildman–Crippen MR) is 90.3 cm³/mol. The number of aromatic nitrogens is 2. The molecule has 0 unspecified atom stereocenters. The number of nitrogens with zero attached hydrogens (tertiary/aromatic N) is 2. The minimum absolute atomic E-state index is 0.254. The second-order valence-corrected chi connectivity index (χ2v) is 7.03. The Hall–Kier alpha value is -2.32. The first-order valence-corrected chi connectivity index (χ1v) is 8.51. The van der Waals surface area contributed by atoms with Gasteiger partial charge >= 0.3 is 0 Å². The summed E-state index contributed by atoms with van der Waals surface area (Å²) in [4.78, 5) is 23.4. The second-order valence-electron chi connectivity index (χ2n) is 5.97. The number of aryl methyl sites for hydroxylation is 1. The predicted octanol–water partition coefficient (Wildman–Crippen LogP) is 0.884. The van der Waals surface area contributed by atoms with Gasteiger partial charge in [-0.15, -0.1) is 10.2 Å². The molecule has 0 bridgehead atoms. The van der Waals surface area contributed by atoms with Crippen molar-refractivity contribution in [3.05, 3.63) is 45.4 Å². The van der Waals surface area contributed by atoms with Crippen LogP contribution in [0.2, 0.25) is 0 Å². The third kappa shape index (κ3) is 3.77. The average Bonchev–Trinajstić information content (AvgIpc) is 3.22. The number of amides is 2. The monoisotopic (exact) mass is 345 g/mol. The van der Waals surface area contributed by atoms with Crippen LogP contribution < -0.4 is 16.4 Å². The maximum atomic E-state index is 12.1. The van der Waals surface area contributed by atoms with Crippen LogP contribution in [0.4, 0.5) is 0 Å². The third-order valence-corrected chi connectivity index (χ3v) is 4.96. The van der Waals surface area contributed by atoms with E-state index in [-0.39, 0.29) is 11.8 Å². The summed E-state index contributed by atoms with van der Waals surface area (Å²) in [6, 6.07) is 7.96. The molecule has 3 rings (SSSR count). The van der Waals surface area contributed by atoms with E-state index in [1.807, 2.05) is 31.2 Å².